The maximum Gasteiger partial charge on any atom is 0.343 e. The summed E-state index contributed by atoms with van der Waals surface area (Å²) in [5.41, 5.74) is 0.862. The second-order valence-electron chi connectivity index (χ2n) is 8.15. The Hall–Kier alpha value is -4.03. The summed E-state index contributed by atoms with van der Waals surface area (Å²) < 4.78 is 20.7. The summed E-state index contributed by atoms with van der Waals surface area (Å²) in [4.78, 5) is 62.6. The van der Waals surface area contributed by atoms with Crippen LogP contribution >= 0.6 is 23.4 Å². The Bertz CT molecular complexity index is 1350. The molecule has 1 heterocycles. The molecule has 1 saturated heterocycles. The Kier molecular flexibility index (Phi) is 11.0. The number of ether oxygens (including phenoxy) is 4. The van der Waals surface area contributed by atoms with Crippen molar-refractivity contribution in [2.24, 2.45) is 0 Å². The van der Waals surface area contributed by atoms with E-state index in [0.29, 0.717) is 41.9 Å². The fraction of sp³-hybridized carbons (Fsp3) is 0.296. The van der Waals surface area contributed by atoms with E-state index in [1.807, 2.05) is 6.92 Å². The molecule has 0 saturated carbocycles. The number of carbonyl (C=O) groups is 5. The first-order valence-corrected chi connectivity index (χ1v) is 13.3. The fourth-order valence-electron chi connectivity index (χ4n) is 3.36. The third kappa shape index (κ3) is 7.99. The van der Waals surface area contributed by atoms with Crippen molar-refractivity contribution in [3.05, 3.63) is 57.5 Å². The minimum atomic E-state index is -0.649. The van der Waals surface area contributed by atoms with Gasteiger partial charge in [0.05, 0.1) is 35.8 Å². The highest BCUT2D eigenvalue weighted by Gasteiger charge is 2.36. The van der Waals surface area contributed by atoms with Crippen molar-refractivity contribution in [3.8, 4) is 11.5 Å². The van der Waals surface area contributed by atoms with Crippen molar-refractivity contribution < 1.29 is 42.9 Å². The molecule has 3 amide bonds. The van der Waals surface area contributed by atoms with E-state index in [1.165, 1.54) is 31.4 Å². The second kappa shape index (κ2) is 14.4. The van der Waals surface area contributed by atoms with Crippen molar-refractivity contribution in [2.75, 3.05) is 38.8 Å². The molecule has 1 fully saturated rings. The number of methoxy groups -OCH3 is 1. The van der Waals surface area contributed by atoms with Gasteiger partial charge in [-0.3, -0.25) is 19.3 Å². The predicted octanol–water partition coefficient (Wildman–Crippen LogP) is 4.53. The average molecular weight is 591 g/mol. The van der Waals surface area contributed by atoms with Crippen LogP contribution in [0.15, 0.2) is 41.3 Å². The molecule has 0 bridgehead atoms. The van der Waals surface area contributed by atoms with Crippen LogP contribution in [-0.4, -0.2) is 67.4 Å². The number of nitrogens with zero attached hydrogens (tertiary/aromatic N) is 1. The Labute approximate surface area is 239 Å². The van der Waals surface area contributed by atoms with Crippen LogP contribution in [0.25, 0.3) is 6.08 Å². The molecule has 0 aromatic heterocycles. The highest BCUT2D eigenvalue weighted by atomic mass is 35.5. The average Bonchev–Trinajstić information content (AvgIpc) is 3.19. The largest absolute Gasteiger partial charge is 0.490 e. The van der Waals surface area contributed by atoms with Gasteiger partial charge in [-0.1, -0.05) is 24.6 Å². The Morgan fingerprint density at radius 3 is 2.52 bits per heavy atom. The zero-order chi connectivity index (χ0) is 29.2. The number of halogens is 1. The number of nitrogens with one attached hydrogen (secondary N) is 1. The van der Waals surface area contributed by atoms with Gasteiger partial charge >= 0.3 is 11.9 Å². The minimum absolute atomic E-state index is 0.0788. The van der Waals surface area contributed by atoms with E-state index < -0.39 is 35.5 Å². The fourth-order valence-corrected chi connectivity index (χ4v) is 4.39. The zero-order valence-corrected chi connectivity index (χ0v) is 23.6. The van der Waals surface area contributed by atoms with Crippen molar-refractivity contribution in [3.63, 3.8) is 0 Å². The van der Waals surface area contributed by atoms with Crippen LogP contribution in [-0.2, 0) is 23.9 Å². The second-order valence-corrected chi connectivity index (χ2v) is 9.55. The monoisotopic (exact) mass is 590 g/mol. The summed E-state index contributed by atoms with van der Waals surface area (Å²) in [6.07, 6.45) is 2.12. The molecule has 1 aliphatic heterocycles. The molecular weight excluding hydrogens is 564 g/mol. The standard InChI is InChI=1S/C27H27ClN2O9S/c1-4-10-38-26(34)18-13-17(7-8-19(18)28)29-23(31)14-30-25(33)22(40-27(30)35)12-16-6-9-20(21(11-16)37-5-2)39-15-24(32)36-3/h6-9,11-13H,4-5,10,14-15H2,1-3H3,(H,29,31)/b22-12+. The molecule has 13 heteroatoms. The number of esters is 2. The molecule has 2 aromatic carbocycles. The van der Waals surface area contributed by atoms with Crippen LogP contribution < -0.4 is 14.8 Å². The first-order chi connectivity index (χ1) is 19.2. The summed E-state index contributed by atoms with van der Waals surface area (Å²) >= 11 is 6.77. The molecule has 0 radical (unpaired) electrons. The van der Waals surface area contributed by atoms with Crippen molar-refractivity contribution in [2.45, 2.75) is 20.3 Å². The lowest BCUT2D eigenvalue weighted by molar-refractivity contribution is -0.143. The lowest BCUT2D eigenvalue weighted by Crippen LogP contribution is -2.36. The number of benzene rings is 2. The van der Waals surface area contributed by atoms with E-state index >= 15 is 0 Å². The molecule has 0 spiro atoms. The Balaban J connectivity index is 1.69. The summed E-state index contributed by atoms with van der Waals surface area (Å²) in [6, 6.07) is 9.07. The third-order valence-corrected chi connectivity index (χ3v) is 6.46. The first kappa shape index (κ1) is 30.5. The Morgan fingerprint density at radius 2 is 1.82 bits per heavy atom. The number of carbonyl (C=O) groups excluding carboxylic acids is 5. The molecular formula is C27H27ClN2O9S. The SMILES string of the molecule is CCCOC(=O)c1cc(NC(=O)CN2C(=O)S/C(=C/c3ccc(OCC(=O)OC)c(OCC)c3)C2=O)ccc1Cl. The lowest BCUT2D eigenvalue weighted by Gasteiger charge is -2.13. The van der Waals surface area contributed by atoms with Crippen LogP contribution in [0.4, 0.5) is 10.5 Å². The van der Waals surface area contributed by atoms with E-state index in [4.69, 9.17) is 25.8 Å². The van der Waals surface area contributed by atoms with Gasteiger partial charge in [-0.25, -0.2) is 9.59 Å². The number of imide groups is 1. The van der Waals surface area contributed by atoms with Gasteiger partial charge in [-0.2, -0.15) is 0 Å². The van der Waals surface area contributed by atoms with Crippen molar-refractivity contribution >= 4 is 64.1 Å². The van der Waals surface area contributed by atoms with Gasteiger partial charge in [0.1, 0.15) is 6.54 Å². The summed E-state index contributed by atoms with van der Waals surface area (Å²) in [6.45, 7) is 3.32. The molecule has 11 nitrogen and oxygen atoms in total. The van der Waals surface area contributed by atoms with Gasteiger partial charge in [0, 0.05) is 5.69 Å². The zero-order valence-electron chi connectivity index (χ0n) is 22.0. The number of thioether (sulfide) groups is 1. The van der Waals surface area contributed by atoms with Crippen LogP contribution in [0.1, 0.15) is 36.2 Å². The summed E-state index contributed by atoms with van der Waals surface area (Å²) in [7, 11) is 1.25. The van der Waals surface area contributed by atoms with Crippen molar-refractivity contribution in [1.82, 2.24) is 4.90 Å². The predicted molar refractivity (Wildman–Crippen MR) is 148 cm³/mol. The first-order valence-electron chi connectivity index (χ1n) is 12.1. The number of hydrogen-bond acceptors (Lipinski definition) is 10. The Morgan fingerprint density at radius 1 is 1.05 bits per heavy atom. The number of rotatable bonds is 12. The lowest BCUT2D eigenvalue weighted by atomic mass is 10.2. The van der Waals surface area contributed by atoms with Gasteiger partial charge in [-0.05, 0) is 67.1 Å². The topological polar surface area (TPSA) is 138 Å². The molecule has 0 aliphatic carbocycles. The maximum absolute atomic E-state index is 12.9. The normalized spacial score (nSPS) is 13.8. The van der Waals surface area contributed by atoms with Gasteiger partial charge in [0.25, 0.3) is 11.1 Å². The molecule has 2 aromatic rings. The van der Waals surface area contributed by atoms with Crippen LogP contribution in [0.5, 0.6) is 11.5 Å². The van der Waals surface area contributed by atoms with E-state index in [-0.39, 0.29) is 34.4 Å². The highest BCUT2D eigenvalue weighted by molar-refractivity contribution is 8.18. The van der Waals surface area contributed by atoms with E-state index in [2.05, 4.69) is 10.1 Å². The molecule has 3 rings (SSSR count). The third-order valence-electron chi connectivity index (χ3n) is 5.22. The molecule has 0 atom stereocenters. The van der Waals surface area contributed by atoms with Gasteiger partial charge < -0.3 is 24.3 Å². The number of hydrogen-bond donors (Lipinski definition) is 1. The van der Waals surface area contributed by atoms with E-state index in [9.17, 15) is 24.0 Å². The minimum Gasteiger partial charge on any atom is -0.490 e. The maximum atomic E-state index is 12.9. The molecule has 1 N–H and O–H groups in total. The number of anilines is 1. The molecule has 0 unspecified atom stereocenters. The summed E-state index contributed by atoms with van der Waals surface area (Å²) in [5, 5.41) is 2.10. The molecule has 1 aliphatic rings. The van der Waals surface area contributed by atoms with E-state index in [1.54, 1.807) is 25.1 Å². The molecule has 40 heavy (non-hydrogen) atoms. The van der Waals surface area contributed by atoms with Crippen LogP contribution in [0.3, 0.4) is 0 Å². The van der Waals surface area contributed by atoms with Gasteiger partial charge in [-0.15, -0.1) is 0 Å². The van der Waals surface area contributed by atoms with Crippen LogP contribution in [0, 0.1) is 0 Å². The van der Waals surface area contributed by atoms with E-state index in [0.717, 1.165) is 4.90 Å². The van der Waals surface area contributed by atoms with Gasteiger partial charge in [0.2, 0.25) is 5.91 Å². The quantitative estimate of drug-likeness (QED) is 0.277. The molecule has 212 valence electrons. The highest BCUT2D eigenvalue weighted by Crippen LogP contribution is 2.35. The smallest absolute Gasteiger partial charge is 0.343 e. The van der Waals surface area contributed by atoms with Crippen LogP contribution in [0.2, 0.25) is 5.02 Å². The van der Waals surface area contributed by atoms with Crippen molar-refractivity contribution in [1.29, 1.82) is 0 Å². The van der Waals surface area contributed by atoms with Gasteiger partial charge in [0.15, 0.2) is 18.1 Å². The number of amides is 3. The summed E-state index contributed by atoms with van der Waals surface area (Å²) in [5.74, 6) is -1.85.